The third-order valence-corrected chi connectivity index (χ3v) is 4.99. The Morgan fingerprint density at radius 3 is 2.59 bits per heavy atom. The summed E-state index contributed by atoms with van der Waals surface area (Å²) < 4.78 is 15.6. The van der Waals surface area contributed by atoms with E-state index in [-0.39, 0.29) is 5.56 Å². The molecule has 5 rings (SSSR count). The van der Waals surface area contributed by atoms with Gasteiger partial charge >= 0.3 is 0 Å². The highest BCUT2D eigenvalue weighted by molar-refractivity contribution is 6.04. The second-order valence-corrected chi connectivity index (χ2v) is 7.17. The number of anilines is 1. The number of carbonyl (C=O) groups excluding carboxylic acids is 1. The predicted molar refractivity (Wildman–Crippen MR) is 97.5 cm³/mol. The molecule has 0 saturated heterocycles. The van der Waals surface area contributed by atoms with E-state index < -0.39 is 11.7 Å². The molecule has 0 radical (unpaired) electrons. The number of aromatic nitrogens is 4. The summed E-state index contributed by atoms with van der Waals surface area (Å²) in [5, 5.41) is 7.43. The van der Waals surface area contributed by atoms with E-state index in [1.54, 1.807) is 12.3 Å². The summed E-state index contributed by atoms with van der Waals surface area (Å²) in [6, 6.07) is 7.15. The molecule has 0 aliphatic heterocycles. The molecule has 3 aromatic heterocycles. The van der Waals surface area contributed by atoms with E-state index in [2.05, 4.69) is 21.4 Å². The first-order valence-electron chi connectivity index (χ1n) is 9.16. The minimum Gasteiger partial charge on any atom is -0.320 e. The first-order chi connectivity index (χ1) is 13.2. The average molecular weight is 363 g/mol. The average Bonchev–Trinajstić information content (AvgIpc) is 3.61. The lowest BCUT2D eigenvalue weighted by atomic mass is 10.2. The molecular weight excluding hydrogens is 345 g/mol. The van der Waals surface area contributed by atoms with Gasteiger partial charge in [-0.3, -0.25) is 9.78 Å². The molecule has 0 spiro atoms. The van der Waals surface area contributed by atoms with Crippen LogP contribution in [0.5, 0.6) is 0 Å². The van der Waals surface area contributed by atoms with Crippen molar-refractivity contribution in [3.63, 3.8) is 0 Å². The minimum atomic E-state index is -0.655. The molecule has 136 valence electrons. The number of amides is 1. The number of nitrogens with zero attached hydrogens (tertiary/aromatic N) is 4. The Morgan fingerprint density at radius 1 is 1.11 bits per heavy atom. The van der Waals surface area contributed by atoms with Gasteiger partial charge in [0.25, 0.3) is 5.91 Å². The van der Waals surface area contributed by atoms with E-state index in [1.165, 1.54) is 43.6 Å². The molecule has 0 unspecified atom stereocenters. The van der Waals surface area contributed by atoms with E-state index in [0.717, 1.165) is 17.7 Å². The van der Waals surface area contributed by atoms with Crippen molar-refractivity contribution in [2.24, 2.45) is 0 Å². The monoisotopic (exact) mass is 363 g/mol. The van der Waals surface area contributed by atoms with Gasteiger partial charge in [0.15, 0.2) is 11.6 Å². The Balaban J connectivity index is 1.38. The topological polar surface area (TPSA) is 72.7 Å². The zero-order chi connectivity index (χ0) is 18.4. The molecule has 2 saturated carbocycles. The molecule has 3 aromatic rings. The number of hydrogen-bond donors (Lipinski definition) is 1. The molecule has 1 N–H and O–H groups in total. The largest absolute Gasteiger partial charge is 0.320 e. The van der Waals surface area contributed by atoms with Crippen molar-refractivity contribution in [2.45, 2.75) is 37.5 Å². The molecule has 2 aliphatic carbocycles. The Morgan fingerprint density at radius 2 is 1.93 bits per heavy atom. The minimum absolute atomic E-state index is 0.0498. The van der Waals surface area contributed by atoms with Crippen LogP contribution in [0.2, 0.25) is 0 Å². The molecule has 2 aliphatic rings. The molecule has 0 atom stereocenters. The predicted octanol–water partition coefficient (Wildman–Crippen LogP) is 3.81. The molecule has 0 bridgehead atoms. The van der Waals surface area contributed by atoms with Crippen LogP contribution in [0.25, 0.3) is 5.82 Å². The molecule has 6 nitrogen and oxygen atoms in total. The summed E-state index contributed by atoms with van der Waals surface area (Å²) in [5.74, 6) is 0.714. The molecule has 2 fully saturated rings. The van der Waals surface area contributed by atoms with Crippen LogP contribution in [-0.4, -0.2) is 25.7 Å². The summed E-state index contributed by atoms with van der Waals surface area (Å²) in [7, 11) is 0. The van der Waals surface area contributed by atoms with Gasteiger partial charge in [0.2, 0.25) is 0 Å². The van der Waals surface area contributed by atoms with E-state index in [4.69, 9.17) is 5.10 Å². The van der Waals surface area contributed by atoms with Gasteiger partial charge in [-0.05, 0) is 49.9 Å². The van der Waals surface area contributed by atoms with Crippen LogP contribution >= 0.6 is 0 Å². The van der Waals surface area contributed by atoms with Crippen molar-refractivity contribution in [3.8, 4) is 5.82 Å². The molecule has 7 heteroatoms. The fraction of sp³-hybridized carbons (Fsp3) is 0.300. The Labute approximate surface area is 155 Å². The highest BCUT2D eigenvalue weighted by Gasteiger charge is 2.33. The van der Waals surface area contributed by atoms with Gasteiger partial charge < -0.3 is 5.32 Å². The van der Waals surface area contributed by atoms with Crippen molar-refractivity contribution in [1.29, 1.82) is 0 Å². The summed E-state index contributed by atoms with van der Waals surface area (Å²) in [5.41, 5.74) is 2.83. The van der Waals surface area contributed by atoms with Crippen LogP contribution in [0.3, 0.4) is 0 Å². The number of halogens is 1. The summed E-state index contributed by atoms with van der Waals surface area (Å²) in [4.78, 5) is 20.3. The summed E-state index contributed by atoms with van der Waals surface area (Å²) >= 11 is 0. The van der Waals surface area contributed by atoms with Crippen LogP contribution in [0.15, 0.2) is 42.9 Å². The van der Waals surface area contributed by atoms with Crippen molar-refractivity contribution in [1.82, 2.24) is 19.7 Å². The number of hydrogen-bond acceptors (Lipinski definition) is 4. The molecular formula is C20H18FN5O. The van der Waals surface area contributed by atoms with Gasteiger partial charge in [-0.2, -0.15) is 5.10 Å². The van der Waals surface area contributed by atoms with E-state index >= 15 is 0 Å². The SMILES string of the molecule is O=C(Nc1ccc(-n2nc(C3CC3)cc2C2CC2)nc1)c1ccncc1F. The van der Waals surface area contributed by atoms with Crippen LogP contribution in [0.1, 0.15) is 59.3 Å². The first kappa shape index (κ1) is 16.1. The number of pyridine rings is 2. The van der Waals surface area contributed by atoms with Gasteiger partial charge in [0, 0.05) is 23.7 Å². The molecule has 27 heavy (non-hydrogen) atoms. The van der Waals surface area contributed by atoms with Crippen molar-refractivity contribution < 1.29 is 9.18 Å². The summed E-state index contributed by atoms with van der Waals surface area (Å²) in [6.07, 6.45) is 8.79. The normalized spacial score (nSPS) is 16.3. The number of nitrogens with one attached hydrogen (secondary N) is 1. The van der Waals surface area contributed by atoms with Crippen LogP contribution in [-0.2, 0) is 0 Å². The van der Waals surface area contributed by atoms with Crippen LogP contribution < -0.4 is 5.32 Å². The lowest BCUT2D eigenvalue weighted by Gasteiger charge is -2.08. The fourth-order valence-corrected chi connectivity index (χ4v) is 3.19. The lowest BCUT2D eigenvalue weighted by molar-refractivity contribution is 0.102. The Bertz CT molecular complexity index is 1010. The maximum Gasteiger partial charge on any atom is 0.258 e. The Kier molecular flexibility index (Phi) is 3.74. The van der Waals surface area contributed by atoms with Gasteiger partial charge in [-0.15, -0.1) is 0 Å². The van der Waals surface area contributed by atoms with Gasteiger partial charge in [-0.25, -0.2) is 14.1 Å². The fourth-order valence-electron chi connectivity index (χ4n) is 3.19. The van der Waals surface area contributed by atoms with E-state index in [0.29, 0.717) is 17.5 Å². The zero-order valence-electron chi connectivity index (χ0n) is 14.6. The highest BCUT2D eigenvalue weighted by Crippen LogP contribution is 2.45. The van der Waals surface area contributed by atoms with Crippen molar-refractivity contribution in [3.05, 3.63) is 65.6 Å². The lowest BCUT2D eigenvalue weighted by Crippen LogP contribution is -2.14. The quantitative estimate of drug-likeness (QED) is 0.748. The summed E-state index contributed by atoms with van der Waals surface area (Å²) in [6.45, 7) is 0. The van der Waals surface area contributed by atoms with E-state index in [9.17, 15) is 9.18 Å². The first-order valence-corrected chi connectivity index (χ1v) is 9.16. The van der Waals surface area contributed by atoms with Gasteiger partial charge in [0.1, 0.15) is 0 Å². The van der Waals surface area contributed by atoms with Crippen molar-refractivity contribution in [2.75, 3.05) is 5.32 Å². The third-order valence-electron chi connectivity index (χ3n) is 4.99. The maximum absolute atomic E-state index is 13.7. The van der Waals surface area contributed by atoms with Crippen LogP contribution in [0, 0.1) is 5.82 Å². The number of carbonyl (C=O) groups is 1. The maximum atomic E-state index is 13.7. The molecule has 3 heterocycles. The standard InChI is InChI=1S/C20H18FN5O/c21-16-11-22-8-7-15(16)20(27)24-14-5-6-19(23-10-14)26-18(13-3-4-13)9-17(25-26)12-1-2-12/h5-13H,1-4H2,(H,24,27). The van der Waals surface area contributed by atoms with Gasteiger partial charge in [-0.1, -0.05) is 0 Å². The Hall–Kier alpha value is -3.09. The van der Waals surface area contributed by atoms with Crippen LogP contribution in [0.4, 0.5) is 10.1 Å². The second kappa shape index (κ2) is 6.26. The number of rotatable bonds is 5. The highest BCUT2D eigenvalue weighted by atomic mass is 19.1. The third kappa shape index (κ3) is 3.20. The molecule has 0 aromatic carbocycles. The van der Waals surface area contributed by atoms with E-state index in [1.807, 2.05) is 10.7 Å². The van der Waals surface area contributed by atoms with Gasteiger partial charge in [0.05, 0.1) is 29.3 Å². The van der Waals surface area contributed by atoms with Crippen molar-refractivity contribution >= 4 is 11.6 Å². The zero-order valence-corrected chi connectivity index (χ0v) is 14.6. The molecule has 1 amide bonds. The second-order valence-electron chi connectivity index (χ2n) is 7.17. The smallest absolute Gasteiger partial charge is 0.258 e.